The first kappa shape index (κ1) is 17.0. The molecule has 1 unspecified atom stereocenters. The van der Waals surface area contributed by atoms with Crippen molar-refractivity contribution in [1.29, 1.82) is 0 Å². The maximum absolute atomic E-state index is 12.7. The second kappa shape index (κ2) is 7.84. The van der Waals surface area contributed by atoms with E-state index in [2.05, 4.69) is 34.1 Å². The largest absolute Gasteiger partial charge is 0.497 e. The van der Waals surface area contributed by atoms with Crippen molar-refractivity contribution in [2.45, 2.75) is 31.7 Å². The molecule has 4 heteroatoms. The zero-order valence-corrected chi connectivity index (χ0v) is 15.5. The molecule has 126 valence electrons. The number of hydrogen-bond acceptors (Lipinski definition) is 2. The van der Waals surface area contributed by atoms with Gasteiger partial charge in [-0.25, -0.2) is 0 Å². The number of carbonyl (C=O) groups excluding carboxylic acids is 1. The molecule has 1 heterocycles. The molecule has 0 aliphatic carbocycles. The fraction of sp³-hybridized carbons (Fsp3) is 0.350. The summed E-state index contributed by atoms with van der Waals surface area (Å²) in [4.78, 5) is 14.8. The highest BCUT2D eigenvalue weighted by molar-refractivity contribution is 9.10. The molecule has 1 aliphatic heterocycles. The first-order chi connectivity index (χ1) is 11.7. The molecule has 0 radical (unpaired) electrons. The molecule has 1 atom stereocenters. The second-order valence-corrected chi connectivity index (χ2v) is 7.07. The predicted molar refractivity (Wildman–Crippen MR) is 99.1 cm³/mol. The Morgan fingerprint density at radius 3 is 2.88 bits per heavy atom. The van der Waals surface area contributed by atoms with Crippen LogP contribution in [0.25, 0.3) is 0 Å². The lowest BCUT2D eigenvalue weighted by Gasteiger charge is -2.25. The van der Waals surface area contributed by atoms with E-state index in [1.165, 1.54) is 11.1 Å². The van der Waals surface area contributed by atoms with Crippen LogP contribution in [0.15, 0.2) is 53.0 Å². The monoisotopic (exact) mass is 387 g/mol. The third kappa shape index (κ3) is 3.99. The maximum Gasteiger partial charge on any atom is 0.223 e. The maximum atomic E-state index is 12.7. The molecular weight excluding hydrogens is 366 g/mol. The number of ether oxygens (including phenoxy) is 1. The number of benzene rings is 2. The van der Waals surface area contributed by atoms with Gasteiger partial charge in [0.05, 0.1) is 13.2 Å². The smallest absolute Gasteiger partial charge is 0.223 e. The van der Waals surface area contributed by atoms with Crippen LogP contribution in [-0.2, 0) is 11.2 Å². The molecule has 0 saturated carbocycles. The van der Waals surface area contributed by atoms with Gasteiger partial charge in [-0.3, -0.25) is 4.79 Å². The summed E-state index contributed by atoms with van der Waals surface area (Å²) in [7, 11) is 1.68. The van der Waals surface area contributed by atoms with Gasteiger partial charge in [-0.15, -0.1) is 0 Å². The normalized spacial score (nSPS) is 17.1. The summed E-state index contributed by atoms with van der Waals surface area (Å²) >= 11 is 3.48. The van der Waals surface area contributed by atoms with E-state index in [1.807, 2.05) is 35.2 Å². The standard InChI is InChI=1S/C20H22BrNO2/c1-24-18-8-3-6-16(14-18)19-9-4-12-22(19)20(23)11-10-15-5-2-7-17(21)13-15/h2-3,5-8,13-14,19H,4,9-12H2,1H3. The number of methoxy groups -OCH3 is 1. The molecule has 24 heavy (non-hydrogen) atoms. The second-order valence-electron chi connectivity index (χ2n) is 6.15. The third-order valence-corrected chi connectivity index (χ3v) is 5.06. The van der Waals surface area contributed by atoms with E-state index in [0.29, 0.717) is 6.42 Å². The van der Waals surface area contributed by atoms with Gasteiger partial charge in [-0.2, -0.15) is 0 Å². The first-order valence-corrected chi connectivity index (χ1v) is 9.14. The molecular formula is C20H22BrNO2. The van der Waals surface area contributed by atoms with E-state index in [0.717, 1.165) is 36.0 Å². The SMILES string of the molecule is COc1cccc(C2CCCN2C(=O)CCc2cccc(Br)c2)c1. The molecule has 0 N–H and O–H groups in total. The van der Waals surface area contributed by atoms with Gasteiger partial charge in [0, 0.05) is 17.4 Å². The lowest BCUT2D eigenvalue weighted by molar-refractivity contribution is -0.132. The van der Waals surface area contributed by atoms with Crippen LogP contribution in [0.3, 0.4) is 0 Å². The molecule has 3 nitrogen and oxygen atoms in total. The number of rotatable bonds is 5. The lowest BCUT2D eigenvalue weighted by Crippen LogP contribution is -2.30. The van der Waals surface area contributed by atoms with Crippen LogP contribution in [0.1, 0.15) is 36.4 Å². The zero-order valence-electron chi connectivity index (χ0n) is 13.9. The third-order valence-electron chi connectivity index (χ3n) is 4.57. The van der Waals surface area contributed by atoms with Gasteiger partial charge in [0.1, 0.15) is 5.75 Å². The summed E-state index contributed by atoms with van der Waals surface area (Å²) < 4.78 is 6.38. The highest BCUT2D eigenvalue weighted by atomic mass is 79.9. The fourth-order valence-corrected chi connectivity index (χ4v) is 3.79. The Bertz CT molecular complexity index is 716. The van der Waals surface area contributed by atoms with Crippen molar-refractivity contribution in [3.05, 3.63) is 64.1 Å². The van der Waals surface area contributed by atoms with Crippen molar-refractivity contribution < 1.29 is 9.53 Å². The number of likely N-dealkylation sites (tertiary alicyclic amines) is 1. The highest BCUT2D eigenvalue weighted by Gasteiger charge is 2.29. The van der Waals surface area contributed by atoms with E-state index in [4.69, 9.17) is 4.74 Å². The molecule has 3 rings (SSSR count). The quantitative estimate of drug-likeness (QED) is 0.740. The van der Waals surface area contributed by atoms with Crippen LogP contribution in [0.2, 0.25) is 0 Å². The Hall–Kier alpha value is -1.81. The van der Waals surface area contributed by atoms with Gasteiger partial charge in [0.15, 0.2) is 0 Å². The molecule has 2 aromatic rings. The molecule has 1 aliphatic rings. The van der Waals surface area contributed by atoms with Gasteiger partial charge >= 0.3 is 0 Å². The average Bonchev–Trinajstić information content (AvgIpc) is 3.09. The summed E-state index contributed by atoms with van der Waals surface area (Å²) in [5, 5.41) is 0. The summed E-state index contributed by atoms with van der Waals surface area (Å²) in [6.45, 7) is 0.846. The van der Waals surface area contributed by atoms with Crippen LogP contribution < -0.4 is 4.74 Å². The molecule has 0 bridgehead atoms. The number of amides is 1. The molecule has 0 spiro atoms. The molecule has 0 aromatic heterocycles. The van der Waals surface area contributed by atoms with Gasteiger partial charge < -0.3 is 9.64 Å². The summed E-state index contributed by atoms with van der Waals surface area (Å²) in [6, 6.07) is 16.4. The number of nitrogens with zero attached hydrogens (tertiary/aromatic N) is 1. The Kier molecular flexibility index (Phi) is 5.56. The first-order valence-electron chi connectivity index (χ1n) is 8.35. The van der Waals surface area contributed by atoms with E-state index in [1.54, 1.807) is 7.11 Å². The number of hydrogen-bond donors (Lipinski definition) is 0. The van der Waals surface area contributed by atoms with Gasteiger partial charge in [0.25, 0.3) is 0 Å². The Morgan fingerprint density at radius 1 is 1.25 bits per heavy atom. The molecule has 2 aromatic carbocycles. The zero-order chi connectivity index (χ0) is 16.9. The molecule has 1 fully saturated rings. The highest BCUT2D eigenvalue weighted by Crippen LogP contribution is 2.34. The van der Waals surface area contributed by atoms with Gasteiger partial charge in [-0.05, 0) is 54.7 Å². The van der Waals surface area contributed by atoms with Crippen LogP contribution in [0, 0.1) is 0 Å². The number of aryl methyl sites for hydroxylation is 1. The minimum absolute atomic E-state index is 0.176. The van der Waals surface area contributed by atoms with Gasteiger partial charge in [0.2, 0.25) is 5.91 Å². The van der Waals surface area contributed by atoms with Crippen molar-refractivity contribution in [3.63, 3.8) is 0 Å². The van der Waals surface area contributed by atoms with Crippen molar-refractivity contribution in [3.8, 4) is 5.75 Å². The predicted octanol–water partition coefficient (Wildman–Crippen LogP) is 4.75. The minimum atomic E-state index is 0.176. The minimum Gasteiger partial charge on any atom is -0.497 e. The van der Waals surface area contributed by atoms with E-state index in [-0.39, 0.29) is 11.9 Å². The molecule has 1 amide bonds. The summed E-state index contributed by atoms with van der Waals surface area (Å²) in [5.41, 5.74) is 2.36. The Balaban J connectivity index is 1.67. The number of halogens is 1. The van der Waals surface area contributed by atoms with E-state index < -0.39 is 0 Å². The van der Waals surface area contributed by atoms with Crippen molar-refractivity contribution >= 4 is 21.8 Å². The summed E-state index contributed by atoms with van der Waals surface area (Å²) in [5.74, 6) is 1.08. The van der Waals surface area contributed by atoms with Crippen LogP contribution in [-0.4, -0.2) is 24.5 Å². The topological polar surface area (TPSA) is 29.5 Å². The van der Waals surface area contributed by atoms with Crippen LogP contribution in [0.4, 0.5) is 0 Å². The summed E-state index contributed by atoms with van der Waals surface area (Å²) in [6.07, 6.45) is 3.41. The van der Waals surface area contributed by atoms with Gasteiger partial charge in [-0.1, -0.05) is 40.2 Å². The lowest BCUT2D eigenvalue weighted by atomic mass is 10.0. The van der Waals surface area contributed by atoms with Crippen molar-refractivity contribution in [2.24, 2.45) is 0 Å². The Morgan fingerprint density at radius 2 is 2.08 bits per heavy atom. The Labute approximate surface area is 151 Å². The van der Waals surface area contributed by atoms with E-state index >= 15 is 0 Å². The van der Waals surface area contributed by atoms with Crippen molar-refractivity contribution in [1.82, 2.24) is 4.90 Å². The fourth-order valence-electron chi connectivity index (χ4n) is 3.35. The van der Waals surface area contributed by atoms with Crippen LogP contribution in [0.5, 0.6) is 5.75 Å². The van der Waals surface area contributed by atoms with Crippen molar-refractivity contribution in [2.75, 3.05) is 13.7 Å². The number of carbonyl (C=O) groups is 1. The van der Waals surface area contributed by atoms with E-state index in [9.17, 15) is 4.79 Å². The molecule has 1 saturated heterocycles. The van der Waals surface area contributed by atoms with Crippen LogP contribution >= 0.6 is 15.9 Å². The average molecular weight is 388 g/mol.